The zero-order chi connectivity index (χ0) is 25.5. The van der Waals surface area contributed by atoms with Crippen LogP contribution in [0.5, 0.6) is 5.75 Å². The van der Waals surface area contributed by atoms with Gasteiger partial charge in [-0.05, 0) is 54.4 Å². The zero-order valence-electron chi connectivity index (χ0n) is 20.1. The summed E-state index contributed by atoms with van der Waals surface area (Å²) in [6.45, 7) is 4.46. The fraction of sp³-hybridized carbons (Fsp3) is 0.321. The Labute approximate surface area is 216 Å². The van der Waals surface area contributed by atoms with Crippen LogP contribution in [0.1, 0.15) is 47.8 Å². The largest absolute Gasteiger partial charge is 0.494 e. The first kappa shape index (κ1) is 25.5. The molecule has 0 amide bonds. The van der Waals surface area contributed by atoms with Crippen LogP contribution in [0, 0.1) is 22.7 Å². The van der Waals surface area contributed by atoms with Crippen LogP contribution >= 0.6 is 11.6 Å². The summed E-state index contributed by atoms with van der Waals surface area (Å²) in [6.07, 6.45) is 2.43. The van der Waals surface area contributed by atoms with E-state index in [-0.39, 0.29) is 18.7 Å². The Balaban J connectivity index is 1.67. The number of nitriles is 2. The second kappa shape index (κ2) is 11.9. The molecule has 1 fully saturated rings. The van der Waals surface area contributed by atoms with Gasteiger partial charge in [0.15, 0.2) is 0 Å². The number of rotatable bonds is 8. The molecule has 8 heteroatoms. The summed E-state index contributed by atoms with van der Waals surface area (Å²) in [6, 6.07) is 20.9. The van der Waals surface area contributed by atoms with Crippen molar-refractivity contribution in [2.24, 2.45) is 0 Å². The van der Waals surface area contributed by atoms with E-state index in [0.29, 0.717) is 48.1 Å². The highest BCUT2D eigenvalue weighted by atomic mass is 35.5. The molecule has 1 aliphatic heterocycles. The number of aromatic nitrogens is 1. The Morgan fingerprint density at radius 2 is 1.92 bits per heavy atom. The number of hydrogen-bond donors (Lipinski definition) is 1. The summed E-state index contributed by atoms with van der Waals surface area (Å²) in [7, 11) is 0. The van der Waals surface area contributed by atoms with Crippen molar-refractivity contribution in [1.29, 1.82) is 10.5 Å². The predicted molar refractivity (Wildman–Crippen MR) is 139 cm³/mol. The van der Waals surface area contributed by atoms with Gasteiger partial charge in [0.2, 0.25) is 0 Å². The number of benzene rings is 2. The lowest BCUT2D eigenvalue weighted by Crippen LogP contribution is -2.50. The quantitative estimate of drug-likeness (QED) is 0.470. The van der Waals surface area contributed by atoms with Gasteiger partial charge in [-0.15, -0.1) is 0 Å². The minimum atomic E-state index is -0.310. The second-order valence-electron chi connectivity index (χ2n) is 8.68. The molecule has 0 bridgehead atoms. The molecule has 36 heavy (non-hydrogen) atoms. The van der Waals surface area contributed by atoms with Crippen LogP contribution in [0.4, 0.5) is 5.69 Å². The Hall–Kier alpha value is -3.62. The molecule has 184 valence electrons. The van der Waals surface area contributed by atoms with Crippen LogP contribution in [0.15, 0.2) is 60.8 Å². The fourth-order valence-corrected chi connectivity index (χ4v) is 4.70. The minimum absolute atomic E-state index is 0.0852. The maximum Gasteiger partial charge on any atom is 0.120 e. The van der Waals surface area contributed by atoms with Crippen LogP contribution in [0.2, 0.25) is 5.02 Å². The maximum atomic E-state index is 10.3. The number of ether oxygens (including phenoxy) is 1. The Kier molecular flexibility index (Phi) is 8.40. The number of aliphatic hydroxyl groups excluding tert-OH is 1. The molecule has 0 unspecified atom stereocenters. The van der Waals surface area contributed by atoms with E-state index in [1.54, 1.807) is 18.2 Å². The third-order valence-electron chi connectivity index (χ3n) is 6.41. The van der Waals surface area contributed by atoms with Crippen LogP contribution in [0.25, 0.3) is 0 Å². The first-order valence-electron chi connectivity index (χ1n) is 12.0. The lowest BCUT2D eigenvalue weighted by Gasteiger charge is -2.45. The van der Waals surface area contributed by atoms with E-state index >= 15 is 0 Å². The number of aliphatic hydroxyl groups is 1. The molecule has 1 aliphatic rings. The molecule has 1 saturated heterocycles. The molecule has 0 radical (unpaired) electrons. The zero-order valence-corrected chi connectivity index (χ0v) is 20.9. The third kappa shape index (κ3) is 5.61. The summed E-state index contributed by atoms with van der Waals surface area (Å²) in [5.41, 5.74) is 3.66. The van der Waals surface area contributed by atoms with E-state index in [0.717, 1.165) is 23.4 Å². The van der Waals surface area contributed by atoms with Gasteiger partial charge in [0.25, 0.3) is 0 Å². The van der Waals surface area contributed by atoms with E-state index in [9.17, 15) is 10.4 Å². The first-order chi connectivity index (χ1) is 17.6. The van der Waals surface area contributed by atoms with Crippen LogP contribution < -0.4 is 9.64 Å². The Bertz CT molecular complexity index is 1250. The highest BCUT2D eigenvalue weighted by molar-refractivity contribution is 6.30. The van der Waals surface area contributed by atoms with Gasteiger partial charge in [-0.1, -0.05) is 30.7 Å². The topological polar surface area (TPSA) is 96.4 Å². The number of nitrogens with zero attached hydrogens (tertiary/aromatic N) is 5. The van der Waals surface area contributed by atoms with Gasteiger partial charge in [-0.3, -0.25) is 9.88 Å². The number of piperazine rings is 1. The van der Waals surface area contributed by atoms with Gasteiger partial charge >= 0.3 is 0 Å². The van der Waals surface area contributed by atoms with E-state index in [2.05, 4.69) is 26.9 Å². The smallest absolute Gasteiger partial charge is 0.120 e. The van der Waals surface area contributed by atoms with Crippen molar-refractivity contribution in [3.63, 3.8) is 0 Å². The summed E-state index contributed by atoms with van der Waals surface area (Å²) in [4.78, 5) is 8.87. The van der Waals surface area contributed by atoms with Crippen molar-refractivity contribution in [3.8, 4) is 17.9 Å². The second-order valence-corrected chi connectivity index (χ2v) is 9.11. The van der Waals surface area contributed by atoms with Gasteiger partial charge in [0, 0.05) is 30.9 Å². The average molecular weight is 502 g/mol. The molecule has 2 heterocycles. The molecular weight excluding hydrogens is 474 g/mol. The fourth-order valence-electron chi connectivity index (χ4n) is 4.58. The van der Waals surface area contributed by atoms with Gasteiger partial charge < -0.3 is 14.7 Å². The molecule has 7 nitrogen and oxygen atoms in total. The molecule has 0 aliphatic carbocycles. The summed E-state index contributed by atoms with van der Waals surface area (Å²) in [5, 5.41) is 30.0. The average Bonchev–Trinajstić information content (AvgIpc) is 2.93. The van der Waals surface area contributed by atoms with E-state index in [1.165, 1.54) is 6.20 Å². The van der Waals surface area contributed by atoms with Crippen molar-refractivity contribution < 1.29 is 9.84 Å². The monoisotopic (exact) mass is 501 g/mol. The van der Waals surface area contributed by atoms with E-state index in [4.69, 9.17) is 21.6 Å². The molecule has 3 aromatic rings. The molecule has 0 saturated carbocycles. The lowest BCUT2D eigenvalue weighted by molar-refractivity contribution is 0.100. The first-order valence-corrected chi connectivity index (χ1v) is 12.4. The Morgan fingerprint density at radius 3 is 2.56 bits per heavy atom. The number of pyridine rings is 1. The standard InChI is InChI=1S/C28H28ClN5O2/c1-2-13-36-24-8-10-26(22(14-24)16-31)34-12-11-33(18-27(34)21-4-6-23(29)7-5-21)28(19-35)25-9-3-20(15-30)17-32-25/h3-10,14,17,27-28,35H,2,11-13,18-19H2,1H3/t27-,28+/m0/s1. The number of anilines is 1. The molecule has 4 rings (SSSR count). The van der Waals surface area contributed by atoms with E-state index < -0.39 is 0 Å². The molecule has 1 aromatic heterocycles. The Morgan fingerprint density at radius 1 is 1.11 bits per heavy atom. The SMILES string of the molecule is CCCOc1ccc(N2CCN([C@H](CO)c3ccc(C#N)cn3)C[C@H]2c2ccc(Cl)cc2)c(C#N)c1. The van der Waals surface area contributed by atoms with Gasteiger partial charge in [0.1, 0.15) is 17.9 Å². The van der Waals surface area contributed by atoms with Crippen LogP contribution in [-0.4, -0.2) is 47.8 Å². The predicted octanol–water partition coefficient (Wildman–Crippen LogP) is 4.86. The van der Waals surface area contributed by atoms with Crippen molar-refractivity contribution in [2.45, 2.75) is 25.4 Å². The van der Waals surface area contributed by atoms with Gasteiger partial charge in [-0.2, -0.15) is 10.5 Å². The van der Waals surface area contributed by atoms with Crippen molar-refractivity contribution in [3.05, 3.63) is 88.2 Å². The summed E-state index contributed by atoms with van der Waals surface area (Å²) < 4.78 is 5.75. The summed E-state index contributed by atoms with van der Waals surface area (Å²) in [5.74, 6) is 0.686. The molecule has 2 aromatic carbocycles. The molecular formula is C28H28ClN5O2. The normalized spacial score (nSPS) is 16.7. The maximum absolute atomic E-state index is 10.3. The summed E-state index contributed by atoms with van der Waals surface area (Å²) >= 11 is 6.17. The van der Waals surface area contributed by atoms with Crippen LogP contribution in [0.3, 0.4) is 0 Å². The van der Waals surface area contributed by atoms with Crippen LogP contribution in [-0.2, 0) is 0 Å². The third-order valence-corrected chi connectivity index (χ3v) is 6.66. The molecule has 1 N–H and O–H groups in total. The number of halogens is 1. The lowest BCUT2D eigenvalue weighted by atomic mass is 9.98. The van der Waals surface area contributed by atoms with Gasteiger partial charge in [0.05, 0.1) is 47.8 Å². The molecule has 0 spiro atoms. The minimum Gasteiger partial charge on any atom is -0.494 e. The van der Waals surface area contributed by atoms with E-state index in [1.807, 2.05) is 43.3 Å². The highest BCUT2D eigenvalue weighted by Gasteiger charge is 2.34. The molecule has 2 atom stereocenters. The number of hydrogen-bond acceptors (Lipinski definition) is 7. The van der Waals surface area contributed by atoms with Crippen molar-refractivity contribution in [2.75, 3.05) is 37.7 Å². The van der Waals surface area contributed by atoms with Crippen molar-refractivity contribution >= 4 is 17.3 Å². The highest BCUT2D eigenvalue weighted by Crippen LogP contribution is 2.37. The van der Waals surface area contributed by atoms with Crippen molar-refractivity contribution in [1.82, 2.24) is 9.88 Å². The van der Waals surface area contributed by atoms with Gasteiger partial charge in [-0.25, -0.2) is 0 Å².